The lowest BCUT2D eigenvalue weighted by Crippen LogP contribution is -2.45. The summed E-state index contributed by atoms with van der Waals surface area (Å²) in [5, 5.41) is 0.862. The topological polar surface area (TPSA) is 18.5 Å². The zero-order valence-corrected chi connectivity index (χ0v) is 13.8. The van der Waals surface area contributed by atoms with Crippen LogP contribution in [0.5, 0.6) is 0 Å². The van der Waals surface area contributed by atoms with Gasteiger partial charge in [0.25, 0.3) is 0 Å². The molecule has 106 valence electrons. The van der Waals surface area contributed by atoms with E-state index in [1.54, 1.807) is 0 Å². The highest BCUT2D eigenvalue weighted by atomic mass is 79.9. The molecule has 0 bridgehead atoms. The van der Waals surface area contributed by atoms with Crippen LogP contribution in [-0.4, -0.2) is 18.5 Å². The van der Waals surface area contributed by atoms with Gasteiger partial charge in [0.2, 0.25) is 0 Å². The molecule has 0 spiro atoms. The molecule has 3 heteroatoms. The Morgan fingerprint density at radius 1 is 1.05 bits per heavy atom. The van der Waals surface area contributed by atoms with Crippen molar-refractivity contribution in [2.75, 3.05) is 18.5 Å². The van der Waals surface area contributed by atoms with Gasteiger partial charge in [0.15, 0.2) is 5.79 Å². The Labute approximate surface area is 124 Å². The SMILES string of the molecule is Cc1cc(C)cc(C2(CCBr)OCC(C)(C)CO2)c1. The maximum Gasteiger partial charge on any atom is 0.195 e. The number of halogens is 1. The third-order valence-corrected chi connectivity index (χ3v) is 3.87. The predicted octanol–water partition coefficient (Wildman–Crippen LogP) is 4.31. The lowest BCUT2D eigenvalue weighted by molar-refractivity contribution is -0.308. The van der Waals surface area contributed by atoms with Gasteiger partial charge in [0, 0.05) is 22.7 Å². The summed E-state index contributed by atoms with van der Waals surface area (Å²) < 4.78 is 12.3. The summed E-state index contributed by atoms with van der Waals surface area (Å²) in [6, 6.07) is 6.53. The normalized spacial score (nSPS) is 21.3. The first-order valence-electron chi connectivity index (χ1n) is 6.80. The highest BCUT2D eigenvalue weighted by Gasteiger charge is 2.41. The zero-order chi connectivity index (χ0) is 14.1. The molecule has 1 aliphatic heterocycles. The fourth-order valence-electron chi connectivity index (χ4n) is 2.48. The van der Waals surface area contributed by atoms with E-state index in [4.69, 9.17) is 9.47 Å². The monoisotopic (exact) mass is 326 g/mol. The first-order chi connectivity index (χ1) is 8.87. The quantitative estimate of drug-likeness (QED) is 0.770. The van der Waals surface area contributed by atoms with Crippen LogP contribution in [0.1, 0.15) is 37.0 Å². The lowest BCUT2D eigenvalue weighted by atomic mass is 9.91. The van der Waals surface area contributed by atoms with Gasteiger partial charge in [-0.3, -0.25) is 0 Å². The Morgan fingerprint density at radius 2 is 1.58 bits per heavy atom. The van der Waals surface area contributed by atoms with Crippen LogP contribution in [0.2, 0.25) is 0 Å². The number of rotatable bonds is 3. The molecule has 1 fully saturated rings. The summed E-state index contributed by atoms with van der Waals surface area (Å²) in [7, 11) is 0. The van der Waals surface area contributed by atoms with Gasteiger partial charge in [0.1, 0.15) is 0 Å². The highest BCUT2D eigenvalue weighted by molar-refractivity contribution is 9.09. The minimum Gasteiger partial charge on any atom is -0.345 e. The minimum atomic E-state index is -0.587. The molecule has 1 heterocycles. The van der Waals surface area contributed by atoms with Gasteiger partial charge >= 0.3 is 0 Å². The molecule has 1 aromatic carbocycles. The lowest BCUT2D eigenvalue weighted by Gasteiger charge is -2.43. The van der Waals surface area contributed by atoms with Crippen LogP contribution in [0.15, 0.2) is 18.2 Å². The van der Waals surface area contributed by atoms with Crippen molar-refractivity contribution in [1.29, 1.82) is 0 Å². The number of benzene rings is 1. The fourth-order valence-corrected chi connectivity index (χ4v) is 3.00. The zero-order valence-electron chi connectivity index (χ0n) is 12.3. The summed E-state index contributed by atoms with van der Waals surface area (Å²) >= 11 is 3.52. The molecule has 0 radical (unpaired) electrons. The molecule has 0 aliphatic carbocycles. The Kier molecular flexibility index (Phi) is 4.38. The van der Waals surface area contributed by atoms with E-state index in [2.05, 4.69) is 61.8 Å². The molecule has 19 heavy (non-hydrogen) atoms. The van der Waals surface area contributed by atoms with Crippen LogP contribution < -0.4 is 0 Å². The van der Waals surface area contributed by atoms with Crippen LogP contribution in [0, 0.1) is 19.3 Å². The smallest absolute Gasteiger partial charge is 0.195 e. The Morgan fingerprint density at radius 3 is 2.05 bits per heavy atom. The van der Waals surface area contributed by atoms with Gasteiger partial charge < -0.3 is 9.47 Å². The van der Waals surface area contributed by atoms with Crippen molar-refractivity contribution in [1.82, 2.24) is 0 Å². The molecule has 0 N–H and O–H groups in total. The van der Waals surface area contributed by atoms with E-state index in [0.717, 1.165) is 30.5 Å². The second-order valence-corrected chi connectivity index (χ2v) is 7.10. The largest absolute Gasteiger partial charge is 0.345 e. The summed E-state index contributed by atoms with van der Waals surface area (Å²) in [5.41, 5.74) is 3.73. The van der Waals surface area contributed by atoms with Gasteiger partial charge in [-0.2, -0.15) is 0 Å². The number of hydrogen-bond donors (Lipinski definition) is 0. The summed E-state index contributed by atoms with van der Waals surface area (Å²) in [6.07, 6.45) is 0.825. The maximum atomic E-state index is 6.17. The first-order valence-corrected chi connectivity index (χ1v) is 7.92. The molecule has 1 aliphatic rings. The van der Waals surface area contributed by atoms with Crippen molar-refractivity contribution >= 4 is 15.9 Å². The highest BCUT2D eigenvalue weighted by Crippen LogP contribution is 2.39. The van der Waals surface area contributed by atoms with E-state index in [9.17, 15) is 0 Å². The van der Waals surface area contributed by atoms with E-state index >= 15 is 0 Å². The summed E-state index contributed by atoms with van der Waals surface area (Å²) in [5.74, 6) is -0.587. The Hall–Kier alpha value is -0.380. The van der Waals surface area contributed by atoms with Crippen LogP contribution in [0.3, 0.4) is 0 Å². The van der Waals surface area contributed by atoms with Gasteiger partial charge in [-0.25, -0.2) is 0 Å². The molecule has 0 saturated carbocycles. The predicted molar refractivity (Wildman–Crippen MR) is 81.7 cm³/mol. The molecule has 0 unspecified atom stereocenters. The molecule has 2 nitrogen and oxygen atoms in total. The van der Waals surface area contributed by atoms with Crippen LogP contribution in [-0.2, 0) is 15.3 Å². The van der Waals surface area contributed by atoms with Crippen LogP contribution in [0.4, 0.5) is 0 Å². The van der Waals surface area contributed by atoms with Crippen molar-refractivity contribution in [2.45, 2.75) is 39.9 Å². The number of alkyl halides is 1. The molecule has 0 atom stereocenters. The molecule has 1 saturated heterocycles. The Balaban J connectivity index is 2.34. The van der Waals surface area contributed by atoms with Crippen LogP contribution >= 0.6 is 15.9 Å². The molecule has 2 rings (SSSR count). The van der Waals surface area contributed by atoms with Crippen molar-refractivity contribution in [2.24, 2.45) is 5.41 Å². The summed E-state index contributed by atoms with van der Waals surface area (Å²) in [4.78, 5) is 0. The Bertz CT molecular complexity index is 424. The van der Waals surface area contributed by atoms with Gasteiger partial charge in [-0.05, 0) is 13.8 Å². The number of hydrogen-bond acceptors (Lipinski definition) is 2. The van der Waals surface area contributed by atoms with E-state index in [-0.39, 0.29) is 5.41 Å². The van der Waals surface area contributed by atoms with E-state index in [1.165, 1.54) is 11.1 Å². The van der Waals surface area contributed by atoms with Crippen LogP contribution in [0.25, 0.3) is 0 Å². The van der Waals surface area contributed by atoms with E-state index < -0.39 is 5.79 Å². The fraction of sp³-hybridized carbons (Fsp3) is 0.625. The second kappa shape index (κ2) is 5.55. The van der Waals surface area contributed by atoms with Crippen molar-refractivity contribution in [3.8, 4) is 0 Å². The first kappa shape index (κ1) is 15.0. The molecular weight excluding hydrogens is 304 g/mol. The molecule has 0 amide bonds. The van der Waals surface area contributed by atoms with Gasteiger partial charge in [-0.15, -0.1) is 0 Å². The number of ether oxygens (including phenoxy) is 2. The van der Waals surface area contributed by atoms with Crippen molar-refractivity contribution in [3.63, 3.8) is 0 Å². The second-order valence-electron chi connectivity index (χ2n) is 6.31. The number of aryl methyl sites for hydroxylation is 2. The van der Waals surface area contributed by atoms with Gasteiger partial charge in [0.05, 0.1) is 13.2 Å². The van der Waals surface area contributed by atoms with Gasteiger partial charge in [-0.1, -0.05) is 59.1 Å². The molecule has 1 aromatic rings. The standard InChI is InChI=1S/C16H23BrO2/c1-12-7-13(2)9-14(8-12)16(5-6-17)18-10-15(3,4)11-19-16/h7-9H,5-6,10-11H2,1-4H3. The van der Waals surface area contributed by atoms with E-state index in [1.807, 2.05) is 0 Å². The average Bonchev–Trinajstić information content (AvgIpc) is 2.31. The molecule has 0 aromatic heterocycles. The average molecular weight is 327 g/mol. The van der Waals surface area contributed by atoms with Crippen molar-refractivity contribution < 1.29 is 9.47 Å². The van der Waals surface area contributed by atoms with Crippen molar-refractivity contribution in [3.05, 3.63) is 34.9 Å². The third kappa shape index (κ3) is 3.39. The molecular formula is C16H23BrO2. The maximum absolute atomic E-state index is 6.17. The minimum absolute atomic E-state index is 0.0919. The summed E-state index contributed by atoms with van der Waals surface area (Å²) in [6.45, 7) is 10.0. The van der Waals surface area contributed by atoms with E-state index in [0.29, 0.717) is 0 Å². The third-order valence-electron chi connectivity index (χ3n) is 3.48.